The molecular formula is C24H24N6O. The molecule has 1 aliphatic rings. The maximum atomic E-state index is 12.0. The molecule has 0 radical (unpaired) electrons. The van der Waals surface area contributed by atoms with E-state index in [0.29, 0.717) is 12.5 Å². The van der Waals surface area contributed by atoms with Gasteiger partial charge in [-0.3, -0.25) is 4.79 Å². The van der Waals surface area contributed by atoms with E-state index in [9.17, 15) is 4.79 Å². The molecule has 4 aromatic rings. The summed E-state index contributed by atoms with van der Waals surface area (Å²) in [4.78, 5) is 26.5. The zero-order valence-electron chi connectivity index (χ0n) is 17.3. The lowest BCUT2D eigenvalue weighted by atomic mass is 10.1. The number of benzene rings is 2. The molecule has 1 fully saturated rings. The first-order valence-electron chi connectivity index (χ1n) is 10.4. The van der Waals surface area contributed by atoms with Crippen LogP contribution in [0.15, 0.2) is 67.0 Å². The molecule has 0 amide bonds. The fourth-order valence-corrected chi connectivity index (χ4v) is 4.09. The molecule has 2 aromatic carbocycles. The van der Waals surface area contributed by atoms with E-state index in [1.54, 1.807) is 13.1 Å². The van der Waals surface area contributed by atoms with Gasteiger partial charge in [-0.2, -0.15) is 0 Å². The lowest BCUT2D eigenvalue weighted by molar-refractivity contribution is -0.118. The van der Waals surface area contributed by atoms with Crippen LogP contribution in [-0.4, -0.2) is 46.4 Å². The number of rotatable bonds is 5. The molecule has 156 valence electrons. The molecule has 5 rings (SSSR count). The standard InChI is InChI=1S/C24H24N6O/c1-16(31)23-15-25-12-13-30(23)18-8-6-17(7-9-18)28-24-26-11-10-22(29-24)20-14-27-21-5-3-2-4-19(20)21/h2-11,14,23,25,27H,12-13,15H2,1H3,(H,26,28,29). The summed E-state index contributed by atoms with van der Waals surface area (Å²) in [5, 5.41) is 7.71. The Hall–Kier alpha value is -3.71. The van der Waals surface area contributed by atoms with Crippen LogP contribution < -0.4 is 15.5 Å². The van der Waals surface area contributed by atoms with Crippen molar-refractivity contribution in [3.8, 4) is 11.3 Å². The first kappa shape index (κ1) is 19.3. The highest BCUT2D eigenvalue weighted by Crippen LogP contribution is 2.28. The number of aromatic nitrogens is 3. The van der Waals surface area contributed by atoms with Gasteiger partial charge in [0.15, 0.2) is 5.78 Å². The monoisotopic (exact) mass is 412 g/mol. The van der Waals surface area contributed by atoms with Gasteiger partial charge in [0.05, 0.1) is 11.7 Å². The van der Waals surface area contributed by atoms with Gasteiger partial charge in [-0.1, -0.05) is 18.2 Å². The number of Topliss-reactive ketones (excluding diaryl/α,β-unsaturated/α-hetero) is 1. The van der Waals surface area contributed by atoms with E-state index >= 15 is 0 Å². The van der Waals surface area contributed by atoms with Gasteiger partial charge in [-0.15, -0.1) is 0 Å². The SMILES string of the molecule is CC(=O)C1CNCCN1c1ccc(Nc2nccc(-c3c[nH]c4ccccc34)n2)cc1. The number of para-hydroxylation sites is 1. The van der Waals surface area contributed by atoms with Crippen molar-refractivity contribution in [3.05, 3.63) is 67.0 Å². The molecule has 0 saturated carbocycles. The lowest BCUT2D eigenvalue weighted by Crippen LogP contribution is -2.54. The molecule has 3 heterocycles. The van der Waals surface area contributed by atoms with Crippen molar-refractivity contribution in [1.82, 2.24) is 20.3 Å². The predicted molar refractivity (Wildman–Crippen MR) is 124 cm³/mol. The predicted octanol–water partition coefficient (Wildman–Crippen LogP) is 3.74. The number of fused-ring (bicyclic) bond motifs is 1. The molecule has 0 aliphatic carbocycles. The summed E-state index contributed by atoms with van der Waals surface area (Å²) in [6.45, 7) is 4.02. The van der Waals surface area contributed by atoms with E-state index in [4.69, 9.17) is 4.98 Å². The number of anilines is 3. The van der Waals surface area contributed by atoms with Gasteiger partial charge in [0.1, 0.15) is 0 Å². The summed E-state index contributed by atoms with van der Waals surface area (Å²) in [5.74, 6) is 0.719. The second-order valence-corrected chi connectivity index (χ2v) is 7.71. The second-order valence-electron chi connectivity index (χ2n) is 7.71. The number of carbonyl (C=O) groups is 1. The molecule has 1 aliphatic heterocycles. The third-order valence-electron chi connectivity index (χ3n) is 5.69. The zero-order chi connectivity index (χ0) is 21.2. The summed E-state index contributed by atoms with van der Waals surface area (Å²) in [7, 11) is 0. The highest BCUT2D eigenvalue weighted by atomic mass is 16.1. The summed E-state index contributed by atoms with van der Waals surface area (Å²) in [6.07, 6.45) is 3.74. The molecule has 7 heteroatoms. The van der Waals surface area contributed by atoms with Crippen LogP contribution in [0.3, 0.4) is 0 Å². The molecule has 1 unspecified atom stereocenters. The van der Waals surface area contributed by atoms with Crippen molar-refractivity contribution in [1.29, 1.82) is 0 Å². The Bertz CT molecular complexity index is 1220. The minimum absolute atomic E-state index is 0.122. The fraction of sp³-hybridized carbons (Fsp3) is 0.208. The van der Waals surface area contributed by atoms with Crippen molar-refractivity contribution >= 4 is 34.0 Å². The Morgan fingerprint density at radius 2 is 1.97 bits per heavy atom. The van der Waals surface area contributed by atoms with Crippen LogP contribution in [-0.2, 0) is 4.79 Å². The van der Waals surface area contributed by atoms with Crippen LogP contribution in [0.25, 0.3) is 22.2 Å². The van der Waals surface area contributed by atoms with Crippen molar-refractivity contribution in [2.45, 2.75) is 13.0 Å². The van der Waals surface area contributed by atoms with Crippen molar-refractivity contribution in [3.63, 3.8) is 0 Å². The molecule has 2 aromatic heterocycles. The lowest BCUT2D eigenvalue weighted by Gasteiger charge is -2.36. The Balaban J connectivity index is 1.36. The molecule has 0 bridgehead atoms. The smallest absolute Gasteiger partial charge is 0.227 e. The third kappa shape index (κ3) is 3.87. The topological polar surface area (TPSA) is 85.9 Å². The van der Waals surface area contributed by atoms with Crippen LogP contribution >= 0.6 is 0 Å². The maximum absolute atomic E-state index is 12.0. The van der Waals surface area contributed by atoms with Gasteiger partial charge in [-0.05, 0) is 43.3 Å². The number of aromatic amines is 1. The van der Waals surface area contributed by atoms with Crippen LogP contribution in [0.1, 0.15) is 6.92 Å². The minimum atomic E-state index is -0.122. The van der Waals surface area contributed by atoms with Gasteiger partial charge in [0, 0.05) is 59.9 Å². The Kier molecular flexibility index (Phi) is 5.09. The number of piperazine rings is 1. The van der Waals surface area contributed by atoms with E-state index in [-0.39, 0.29) is 11.8 Å². The highest BCUT2D eigenvalue weighted by molar-refractivity contribution is 5.94. The first-order chi connectivity index (χ1) is 15.2. The average Bonchev–Trinajstić information content (AvgIpc) is 3.24. The van der Waals surface area contributed by atoms with Gasteiger partial charge in [0.2, 0.25) is 5.95 Å². The summed E-state index contributed by atoms with van der Waals surface area (Å²) in [6, 6.07) is 18.0. The van der Waals surface area contributed by atoms with E-state index in [1.165, 1.54) is 0 Å². The minimum Gasteiger partial charge on any atom is -0.360 e. The molecule has 31 heavy (non-hydrogen) atoms. The molecule has 0 spiro atoms. The van der Waals surface area contributed by atoms with Crippen LogP contribution in [0.2, 0.25) is 0 Å². The molecular weight excluding hydrogens is 388 g/mol. The third-order valence-corrected chi connectivity index (χ3v) is 5.69. The zero-order valence-corrected chi connectivity index (χ0v) is 17.3. The van der Waals surface area contributed by atoms with Gasteiger partial charge in [0.25, 0.3) is 0 Å². The largest absolute Gasteiger partial charge is 0.360 e. The number of carbonyl (C=O) groups excluding carboxylic acids is 1. The number of hydrogen-bond acceptors (Lipinski definition) is 6. The summed E-state index contributed by atoms with van der Waals surface area (Å²) in [5.41, 5.74) is 4.93. The number of ketones is 1. The van der Waals surface area contributed by atoms with E-state index < -0.39 is 0 Å². The molecule has 1 atom stereocenters. The molecule has 7 nitrogen and oxygen atoms in total. The second kappa shape index (κ2) is 8.20. The Labute approximate surface area is 180 Å². The van der Waals surface area contributed by atoms with Crippen LogP contribution in [0, 0.1) is 0 Å². The van der Waals surface area contributed by atoms with Crippen LogP contribution in [0.4, 0.5) is 17.3 Å². The number of nitrogens with zero attached hydrogens (tertiary/aromatic N) is 3. The van der Waals surface area contributed by atoms with Gasteiger partial charge >= 0.3 is 0 Å². The summed E-state index contributed by atoms with van der Waals surface area (Å²) < 4.78 is 0. The van der Waals surface area contributed by atoms with E-state index in [2.05, 4.69) is 37.6 Å². The Morgan fingerprint density at radius 3 is 2.81 bits per heavy atom. The quantitative estimate of drug-likeness (QED) is 0.463. The van der Waals surface area contributed by atoms with Crippen molar-refractivity contribution in [2.75, 3.05) is 29.9 Å². The summed E-state index contributed by atoms with van der Waals surface area (Å²) >= 11 is 0. The number of hydrogen-bond donors (Lipinski definition) is 3. The van der Waals surface area contributed by atoms with Gasteiger partial charge in [-0.25, -0.2) is 9.97 Å². The average molecular weight is 412 g/mol. The molecule has 1 saturated heterocycles. The first-order valence-corrected chi connectivity index (χ1v) is 10.4. The van der Waals surface area contributed by atoms with E-state index in [1.807, 2.05) is 48.7 Å². The highest BCUT2D eigenvalue weighted by Gasteiger charge is 2.25. The number of nitrogens with one attached hydrogen (secondary N) is 3. The Morgan fingerprint density at radius 1 is 1.13 bits per heavy atom. The van der Waals surface area contributed by atoms with Crippen molar-refractivity contribution < 1.29 is 4.79 Å². The van der Waals surface area contributed by atoms with Crippen molar-refractivity contribution in [2.24, 2.45) is 0 Å². The van der Waals surface area contributed by atoms with E-state index in [0.717, 1.165) is 46.6 Å². The fourth-order valence-electron chi connectivity index (χ4n) is 4.09. The van der Waals surface area contributed by atoms with Gasteiger partial charge < -0.3 is 20.5 Å². The maximum Gasteiger partial charge on any atom is 0.227 e. The van der Waals surface area contributed by atoms with Crippen LogP contribution in [0.5, 0.6) is 0 Å². The number of H-pyrrole nitrogens is 1. The molecule has 3 N–H and O–H groups in total. The normalized spacial score (nSPS) is 16.4.